The lowest BCUT2D eigenvalue weighted by atomic mass is 10.2. The highest BCUT2D eigenvalue weighted by molar-refractivity contribution is 7.99. The summed E-state index contributed by atoms with van der Waals surface area (Å²) in [7, 11) is 0. The maximum atomic E-state index is 12.0. The molecule has 29 heavy (non-hydrogen) atoms. The number of thioether (sulfide) groups is 1. The molecule has 2 aromatic carbocycles. The number of imidazole rings is 1. The number of hydrogen-bond acceptors (Lipinski definition) is 6. The number of fused-ring (bicyclic) bond motifs is 2. The Morgan fingerprint density at radius 2 is 2.07 bits per heavy atom. The van der Waals surface area contributed by atoms with Crippen molar-refractivity contribution >= 4 is 34.7 Å². The van der Waals surface area contributed by atoms with Crippen molar-refractivity contribution in [3.8, 4) is 11.5 Å². The van der Waals surface area contributed by atoms with Crippen LogP contribution in [0.1, 0.15) is 5.56 Å². The van der Waals surface area contributed by atoms with Gasteiger partial charge >= 0.3 is 6.03 Å². The molecule has 0 radical (unpaired) electrons. The fraction of sp³-hybridized carbons (Fsp3) is 0.250. The van der Waals surface area contributed by atoms with Crippen molar-refractivity contribution in [2.75, 3.05) is 18.9 Å². The second-order valence-corrected chi connectivity index (χ2v) is 7.57. The topological polar surface area (TPSA) is 105 Å². The van der Waals surface area contributed by atoms with Gasteiger partial charge in [-0.05, 0) is 36.8 Å². The summed E-state index contributed by atoms with van der Waals surface area (Å²) in [5.41, 5.74) is 2.89. The van der Waals surface area contributed by atoms with Crippen molar-refractivity contribution in [2.24, 2.45) is 0 Å². The van der Waals surface area contributed by atoms with Gasteiger partial charge in [-0.25, -0.2) is 9.78 Å². The van der Waals surface area contributed by atoms with Crippen LogP contribution in [0.15, 0.2) is 47.6 Å². The molecular formula is C20H20N4O4S. The maximum absolute atomic E-state index is 12.0. The number of hydrogen-bond donors (Lipinski definition) is 3. The summed E-state index contributed by atoms with van der Waals surface area (Å²) in [5.74, 6) is 0.985. The van der Waals surface area contributed by atoms with Crippen LogP contribution >= 0.6 is 11.8 Å². The minimum absolute atomic E-state index is 0.0721. The van der Waals surface area contributed by atoms with E-state index < -0.39 is 11.9 Å². The molecule has 3 N–H and O–H groups in total. The first-order valence-corrected chi connectivity index (χ1v) is 10.1. The van der Waals surface area contributed by atoms with Crippen molar-refractivity contribution in [2.45, 2.75) is 18.2 Å². The molecule has 0 saturated carbocycles. The number of aryl methyl sites for hydroxylation is 1. The number of aromatic amines is 1. The monoisotopic (exact) mass is 412 g/mol. The van der Waals surface area contributed by atoms with Crippen LogP contribution in [0.3, 0.4) is 0 Å². The average Bonchev–Trinajstić information content (AvgIpc) is 3.12. The smallest absolute Gasteiger partial charge is 0.321 e. The molecule has 1 atom stereocenters. The number of carbonyl (C=O) groups is 2. The van der Waals surface area contributed by atoms with Crippen LogP contribution in [0.5, 0.6) is 11.5 Å². The van der Waals surface area contributed by atoms with Gasteiger partial charge in [0.05, 0.1) is 23.3 Å². The molecule has 3 amide bonds. The number of imide groups is 1. The Bertz CT molecular complexity index is 1050. The van der Waals surface area contributed by atoms with Crippen LogP contribution in [0, 0.1) is 6.92 Å². The average molecular weight is 412 g/mol. The summed E-state index contributed by atoms with van der Waals surface area (Å²) in [5, 5.41) is 5.57. The van der Waals surface area contributed by atoms with E-state index in [9.17, 15) is 9.59 Å². The molecule has 3 aromatic rings. The van der Waals surface area contributed by atoms with Crippen molar-refractivity contribution in [1.29, 1.82) is 0 Å². The van der Waals surface area contributed by atoms with E-state index in [0.29, 0.717) is 23.3 Å². The van der Waals surface area contributed by atoms with E-state index in [1.807, 2.05) is 49.4 Å². The number of rotatable bonds is 5. The second-order valence-electron chi connectivity index (χ2n) is 6.61. The molecule has 4 rings (SSSR count). The van der Waals surface area contributed by atoms with E-state index in [2.05, 4.69) is 20.6 Å². The predicted octanol–water partition coefficient (Wildman–Crippen LogP) is 2.63. The molecule has 0 saturated heterocycles. The number of amides is 3. The minimum atomic E-state index is -0.571. The van der Waals surface area contributed by atoms with Crippen LogP contribution in [0.25, 0.3) is 11.0 Å². The van der Waals surface area contributed by atoms with Gasteiger partial charge in [-0.3, -0.25) is 10.1 Å². The first kappa shape index (κ1) is 19.1. The van der Waals surface area contributed by atoms with Gasteiger partial charge < -0.3 is 19.8 Å². The summed E-state index contributed by atoms with van der Waals surface area (Å²) >= 11 is 1.24. The summed E-state index contributed by atoms with van der Waals surface area (Å²) in [6.07, 6.45) is -0.320. The number of ether oxygens (including phenoxy) is 2. The van der Waals surface area contributed by atoms with Crippen molar-refractivity contribution in [1.82, 2.24) is 20.6 Å². The number of urea groups is 1. The Kier molecular flexibility index (Phi) is 5.57. The Hall–Kier alpha value is -3.20. The van der Waals surface area contributed by atoms with Gasteiger partial charge in [-0.15, -0.1) is 0 Å². The van der Waals surface area contributed by atoms with Crippen molar-refractivity contribution in [3.05, 3.63) is 48.0 Å². The number of benzene rings is 2. The summed E-state index contributed by atoms with van der Waals surface area (Å²) < 4.78 is 11.4. The molecule has 0 fully saturated rings. The number of H-pyrrole nitrogens is 1. The molecule has 0 aliphatic carbocycles. The zero-order valence-electron chi connectivity index (χ0n) is 15.7. The highest BCUT2D eigenvalue weighted by Gasteiger charge is 2.21. The first-order valence-electron chi connectivity index (χ1n) is 9.12. The third-order valence-electron chi connectivity index (χ3n) is 4.27. The highest BCUT2D eigenvalue weighted by atomic mass is 32.2. The van der Waals surface area contributed by atoms with Crippen LogP contribution in [-0.2, 0) is 4.79 Å². The van der Waals surface area contributed by atoms with Crippen molar-refractivity contribution in [3.63, 3.8) is 0 Å². The van der Waals surface area contributed by atoms with Gasteiger partial charge in [0.25, 0.3) is 0 Å². The number of carbonyl (C=O) groups excluding carboxylic acids is 2. The summed E-state index contributed by atoms with van der Waals surface area (Å²) in [6, 6.07) is 12.7. The van der Waals surface area contributed by atoms with Gasteiger partial charge in [0.15, 0.2) is 22.8 Å². The van der Waals surface area contributed by atoms with Crippen LogP contribution in [0.4, 0.5) is 4.79 Å². The molecule has 0 bridgehead atoms. The molecule has 9 heteroatoms. The third kappa shape index (κ3) is 4.80. The van der Waals surface area contributed by atoms with Crippen LogP contribution in [-0.4, -0.2) is 46.9 Å². The number of aromatic nitrogens is 2. The largest absolute Gasteiger partial charge is 0.486 e. The minimum Gasteiger partial charge on any atom is -0.486 e. The molecule has 0 spiro atoms. The number of para-hydroxylation sites is 2. The van der Waals surface area contributed by atoms with Crippen molar-refractivity contribution < 1.29 is 19.1 Å². The molecular weight excluding hydrogens is 392 g/mol. The van der Waals surface area contributed by atoms with E-state index in [0.717, 1.165) is 16.6 Å². The standard InChI is InChI=1S/C20H20N4O4S/c1-12-6-7-14-15(8-12)23-20(22-14)29-11-18(25)24-19(26)21-9-13-10-27-16-4-2-3-5-17(16)28-13/h2-8,13H,9-11H2,1H3,(H,22,23)(H2,21,24,25,26). The lowest BCUT2D eigenvalue weighted by Gasteiger charge is -2.26. The fourth-order valence-corrected chi connectivity index (χ4v) is 3.56. The summed E-state index contributed by atoms with van der Waals surface area (Å²) in [6.45, 7) is 2.55. The molecule has 8 nitrogen and oxygen atoms in total. The van der Waals surface area contributed by atoms with Gasteiger partial charge in [-0.2, -0.15) is 0 Å². The normalized spacial score (nSPS) is 15.1. The molecule has 150 valence electrons. The quantitative estimate of drug-likeness (QED) is 0.557. The van der Waals surface area contributed by atoms with Crippen LogP contribution < -0.4 is 20.1 Å². The lowest BCUT2D eigenvalue weighted by Crippen LogP contribution is -2.46. The fourth-order valence-electron chi connectivity index (χ4n) is 2.88. The van der Waals surface area contributed by atoms with Crippen LogP contribution in [0.2, 0.25) is 0 Å². The van der Waals surface area contributed by atoms with Gasteiger partial charge in [-0.1, -0.05) is 30.0 Å². The van der Waals surface area contributed by atoms with E-state index >= 15 is 0 Å². The first-order chi connectivity index (χ1) is 14.1. The van der Waals surface area contributed by atoms with E-state index in [4.69, 9.17) is 9.47 Å². The van der Waals surface area contributed by atoms with Gasteiger partial charge in [0.1, 0.15) is 6.61 Å². The van der Waals surface area contributed by atoms with E-state index in [1.165, 1.54) is 11.8 Å². The Balaban J connectivity index is 1.21. The van der Waals surface area contributed by atoms with E-state index in [-0.39, 0.29) is 18.4 Å². The maximum Gasteiger partial charge on any atom is 0.321 e. The van der Waals surface area contributed by atoms with Gasteiger partial charge in [0.2, 0.25) is 5.91 Å². The predicted molar refractivity (Wildman–Crippen MR) is 109 cm³/mol. The van der Waals surface area contributed by atoms with Gasteiger partial charge in [0, 0.05) is 0 Å². The number of nitrogens with zero attached hydrogens (tertiary/aromatic N) is 1. The highest BCUT2D eigenvalue weighted by Crippen LogP contribution is 2.30. The molecule has 1 aromatic heterocycles. The molecule has 1 aliphatic rings. The molecule has 2 heterocycles. The molecule has 1 aliphatic heterocycles. The zero-order chi connectivity index (χ0) is 20.2. The molecule has 1 unspecified atom stereocenters. The SMILES string of the molecule is Cc1ccc2nc(SCC(=O)NC(=O)NCC3COc4ccccc4O3)[nH]c2c1. The Morgan fingerprint density at radius 1 is 1.24 bits per heavy atom. The Morgan fingerprint density at radius 3 is 2.93 bits per heavy atom. The second kappa shape index (κ2) is 8.44. The van der Waals surface area contributed by atoms with E-state index in [1.54, 1.807) is 0 Å². The third-order valence-corrected chi connectivity index (χ3v) is 5.14. The zero-order valence-corrected chi connectivity index (χ0v) is 16.5. The Labute approximate surface area is 171 Å². The lowest BCUT2D eigenvalue weighted by molar-refractivity contribution is -0.117. The summed E-state index contributed by atoms with van der Waals surface area (Å²) in [4.78, 5) is 31.6. The number of nitrogens with one attached hydrogen (secondary N) is 3.